The second-order valence-corrected chi connectivity index (χ2v) is 7.49. The van der Waals surface area contributed by atoms with Crippen LogP contribution in [0.25, 0.3) is 0 Å². The minimum Gasteiger partial charge on any atom is -0.497 e. The third-order valence-corrected chi connectivity index (χ3v) is 5.59. The molecule has 3 rings (SSSR count). The summed E-state index contributed by atoms with van der Waals surface area (Å²) in [6, 6.07) is 8.98. The molecule has 0 amide bonds. The summed E-state index contributed by atoms with van der Waals surface area (Å²) in [5, 5.41) is 3.87. The second-order valence-electron chi connectivity index (χ2n) is 7.49. The number of hydrogen-bond acceptors (Lipinski definition) is 4. The van der Waals surface area contributed by atoms with Gasteiger partial charge in [-0.2, -0.15) is 0 Å². The Hall–Kier alpha value is -1.36. The smallest absolute Gasteiger partial charge is 0.118 e. The fraction of sp³-hybridized carbons (Fsp3) is 0.619. The first-order valence-corrected chi connectivity index (χ1v) is 9.68. The average molecular weight is 344 g/mol. The minimum absolute atomic E-state index is 0.389. The molecular formula is C21H33N3O. The molecule has 1 N–H and O–H groups in total. The van der Waals surface area contributed by atoms with E-state index in [4.69, 9.17) is 4.74 Å². The number of ether oxygens (including phenoxy) is 1. The normalized spacial score (nSPS) is 23.5. The predicted molar refractivity (Wildman–Crippen MR) is 104 cm³/mol. The Morgan fingerprint density at radius 1 is 1.12 bits per heavy atom. The van der Waals surface area contributed by atoms with Crippen molar-refractivity contribution in [2.45, 2.75) is 25.3 Å². The molecular weight excluding hydrogens is 310 g/mol. The van der Waals surface area contributed by atoms with Crippen LogP contribution in [0.2, 0.25) is 0 Å². The molecule has 0 unspecified atom stereocenters. The predicted octanol–water partition coefficient (Wildman–Crippen LogP) is 2.93. The molecule has 0 radical (unpaired) electrons. The third-order valence-electron chi connectivity index (χ3n) is 5.59. The molecule has 1 aromatic rings. The standard InChI is InChI=1S/C21H33N3O/c1-23-12-14-24(15-13-23)17-21(19-8-10-20(25-2)11-9-19)22-16-18-6-4-3-5-7-18/h3-4,8-11,18,21-22H,5-7,12-17H2,1-2H3/t18-,21-/m1/s1. The number of piperazine rings is 1. The highest BCUT2D eigenvalue weighted by molar-refractivity contribution is 5.29. The van der Waals surface area contributed by atoms with Gasteiger partial charge in [0.05, 0.1) is 7.11 Å². The summed E-state index contributed by atoms with van der Waals surface area (Å²) in [4.78, 5) is 5.02. The first-order valence-electron chi connectivity index (χ1n) is 9.68. The van der Waals surface area contributed by atoms with Gasteiger partial charge in [-0.05, 0) is 56.5 Å². The van der Waals surface area contributed by atoms with Crippen molar-refractivity contribution >= 4 is 0 Å². The number of methoxy groups -OCH3 is 1. The van der Waals surface area contributed by atoms with Gasteiger partial charge in [0.2, 0.25) is 0 Å². The maximum atomic E-state index is 5.32. The Morgan fingerprint density at radius 3 is 2.52 bits per heavy atom. The number of benzene rings is 1. The lowest BCUT2D eigenvalue weighted by atomic mass is 9.94. The van der Waals surface area contributed by atoms with E-state index in [9.17, 15) is 0 Å². The lowest BCUT2D eigenvalue weighted by molar-refractivity contribution is 0.141. The van der Waals surface area contributed by atoms with Gasteiger partial charge in [0.25, 0.3) is 0 Å². The van der Waals surface area contributed by atoms with Crippen LogP contribution >= 0.6 is 0 Å². The van der Waals surface area contributed by atoms with Crippen molar-refractivity contribution in [3.05, 3.63) is 42.0 Å². The van der Waals surface area contributed by atoms with E-state index in [-0.39, 0.29) is 0 Å². The lowest BCUT2D eigenvalue weighted by Gasteiger charge is -2.35. The van der Waals surface area contributed by atoms with Crippen LogP contribution in [0.4, 0.5) is 0 Å². The summed E-state index contributed by atoms with van der Waals surface area (Å²) in [5.41, 5.74) is 1.37. The van der Waals surface area contributed by atoms with E-state index in [2.05, 4.69) is 58.6 Å². The molecule has 0 bridgehead atoms. The van der Waals surface area contributed by atoms with Gasteiger partial charge < -0.3 is 15.0 Å². The molecule has 1 aliphatic heterocycles. The maximum absolute atomic E-state index is 5.32. The van der Waals surface area contributed by atoms with Crippen LogP contribution in [0.15, 0.2) is 36.4 Å². The molecule has 1 fully saturated rings. The topological polar surface area (TPSA) is 27.7 Å². The van der Waals surface area contributed by atoms with Crippen molar-refractivity contribution in [2.75, 3.05) is 53.4 Å². The van der Waals surface area contributed by atoms with E-state index >= 15 is 0 Å². The molecule has 0 spiro atoms. The second kappa shape index (κ2) is 9.37. The fourth-order valence-corrected chi connectivity index (χ4v) is 3.76. The summed E-state index contributed by atoms with van der Waals surface area (Å²) in [7, 11) is 3.94. The van der Waals surface area contributed by atoms with E-state index in [0.29, 0.717) is 6.04 Å². The van der Waals surface area contributed by atoms with Crippen LogP contribution in [-0.4, -0.2) is 63.2 Å². The highest BCUT2D eigenvalue weighted by Crippen LogP contribution is 2.22. The summed E-state index contributed by atoms with van der Waals surface area (Å²) in [6.45, 7) is 6.86. The van der Waals surface area contributed by atoms with Crippen LogP contribution in [0, 0.1) is 5.92 Å². The van der Waals surface area contributed by atoms with E-state index < -0.39 is 0 Å². The number of nitrogens with zero attached hydrogens (tertiary/aromatic N) is 2. The molecule has 2 atom stereocenters. The van der Waals surface area contributed by atoms with E-state index in [0.717, 1.165) is 37.8 Å². The van der Waals surface area contributed by atoms with Crippen LogP contribution in [-0.2, 0) is 0 Å². The SMILES string of the molecule is COc1ccc([C@@H](CN2CCN(C)CC2)NC[C@@H]2CC=CCC2)cc1. The zero-order valence-corrected chi connectivity index (χ0v) is 15.8. The first kappa shape index (κ1) is 18.4. The third kappa shape index (κ3) is 5.56. The highest BCUT2D eigenvalue weighted by Gasteiger charge is 2.21. The Morgan fingerprint density at radius 2 is 1.88 bits per heavy atom. The largest absolute Gasteiger partial charge is 0.497 e. The minimum atomic E-state index is 0.389. The molecule has 0 aromatic heterocycles. The summed E-state index contributed by atoms with van der Waals surface area (Å²) in [5.74, 6) is 1.71. The Kier molecular flexibility index (Phi) is 6.91. The molecule has 1 heterocycles. The van der Waals surface area contributed by atoms with Crippen LogP contribution in [0.3, 0.4) is 0 Å². The van der Waals surface area contributed by atoms with Gasteiger partial charge in [0, 0.05) is 38.8 Å². The monoisotopic (exact) mass is 343 g/mol. The molecule has 1 aromatic carbocycles. The zero-order valence-electron chi connectivity index (χ0n) is 15.8. The van der Waals surface area contributed by atoms with Crippen molar-refractivity contribution in [3.8, 4) is 5.75 Å². The van der Waals surface area contributed by atoms with Crippen molar-refractivity contribution in [1.29, 1.82) is 0 Å². The number of nitrogens with one attached hydrogen (secondary N) is 1. The lowest BCUT2D eigenvalue weighted by Crippen LogP contribution is -2.47. The maximum Gasteiger partial charge on any atom is 0.118 e. The summed E-state index contributed by atoms with van der Waals surface area (Å²) < 4.78 is 5.32. The molecule has 1 saturated heterocycles. The van der Waals surface area contributed by atoms with Crippen LogP contribution in [0.5, 0.6) is 5.75 Å². The van der Waals surface area contributed by atoms with Crippen molar-refractivity contribution in [3.63, 3.8) is 0 Å². The van der Waals surface area contributed by atoms with Gasteiger partial charge in [0.1, 0.15) is 5.75 Å². The highest BCUT2D eigenvalue weighted by atomic mass is 16.5. The van der Waals surface area contributed by atoms with Gasteiger partial charge in [-0.1, -0.05) is 24.3 Å². The quantitative estimate of drug-likeness (QED) is 0.771. The summed E-state index contributed by atoms with van der Waals surface area (Å²) in [6.07, 6.45) is 8.43. The molecule has 25 heavy (non-hydrogen) atoms. The van der Waals surface area contributed by atoms with E-state index in [1.54, 1.807) is 7.11 Å². The van der Waals surface area contributed by atoms with Gasteiger partial charge >= 0.3 is 0 Å². The van der Waals surface area contributed by atoms with E-state index in [1.807, 2.05) is 0 Å². The van der Waals surface area contributed by atoms with Gasteiger partial charge in [-0.25, -0.2) is 0 Å². The van der Waals surface area contributed by atoms with Crippen molar-refractivity contribution < 1.29 is 4.74 Å². The van der Waals surface area contributed by atoms with Gasteiger partial charge in [-0.3, -0.25) is 4.90 Å². The zero-order chi connectivity index (χ0) is 17.5. The number of rotatable bonds is 7. The fourth-order valence-electron chi connectivity index (χ4n) is 3.76. The van der Waals surface area contributed by atoms with Crippen LogP contribution < -0.4 is 10.1 Å². The van der Waals surface area contributed by atoms with E-state index in [1.165, 1.54) is 37.9 Å². The number of allylic oxidation sites excluding steroid dienone is 2. The van der Waals surface area contributed by atoms with Crippen molar-refractivity contribution in [2.24, 2.45) is 5.92 Å². The van der Waals surface area contributed by atoms with Crippen LogP contribution in [0.1, 0.15) is 30.9 Å². The Balaban J connectivity index is 1.62. The van der Waals surface area contributed by atoms with Gasteiger partial charge in [0.15, 0.2) is 0 Å². The molecule has 1 aliphatic carbocycles. The molecule has 0 saturated carbocycles. The summed E-state index contributed by atoms with van der Waals surface area (Å²) >= 11 is 0. The molecule has 4 heteroatoms. The van der Waals surface area contributed by atoms with Crippen molar-refractivity contribution in [1.82, 2.24) is 15.1 Å². The molecule has 2 aliphatic rings. The molecule has 4 nitrogen and oxygen atoms in total. The number of likely N-dealkylation sites (N-methyl/N-ethyl adjacent to an activating group) is 1. The first-order chi connectivity index (χ1) is 12.2. The Bertz CT molecular complexity index is 535. The number of hydrogen-bond donors (Lipinski definition) is 1. The molecule has 138 valence electrons. The van der Waals surface area contributed by atoms with Gasteiger partial charge in [-0.15, -0.1) is 0 Å². The average Bonchev–Trinajstić information content (AvgIpc) is 2.67. The Labute approximate surface area is 152 Å².